The molecule has 0 amide bonds. The number of carbonyl (C=O) groups excluding carboxylic acids is 1. The van der Waals surface area contributed by atoms with Gasteiger partial charge in [0.15, 0.2) is 0 Å². The van der Waals surface area contributed by atoms with Crippen molar-refractivity contribution in [3.05, 3.63) is 12.2 Å². The van der Waals surface area contributed by atoms with Crippen LogP contribution in [0.15, 0.2) is 12.2 Å². The first-order valence-corrected chi connectivity index (χ1v) is 2.55. The first kappa shape index (κ1) is 7.77. The summed E-state index contributed by atoms with van der Waals surface area (Å²) in [5.74, 6) is 1.21. The predicted molar refractivity (Wildman–Crippen MR) is 34.6 cm³/mol. The Labute approximate surface area is 54.5 Å². The molecule has 0 radical (unpaired) electrons. The molecule has 0 spiro atoms. The average molecular weight is 124 g/mol. The van der Waals surface area contributed by atoms with Gasteiger partial charge in [-0.1, -0.05) is 12.2 Å². The molecule has 0 aromatic heterocycles. The van der Waals surface area contributed by atoms with Crippen LogP contribution >= 0.6 is 0 Å². The Morgan fingerprint density at radius 2 is 2.56 bits per heavy atom. The molecule has 0 fully saturated rings. The number of allylic oxidation sites excluding steroid dienone is 1. The molecule has 0 unspecified atom stereocenters. The number of terminal acetylenes is 1. The Morgan fingerprint density at radius 1 is 1.89 bits per heavy atom. The normalized spacial score (nSPS) is 8.89. The first-order valence-electron chi connectivity index (χ1n) is 2.55. The van der Waals surface area contributed by atoms with E-state index in [-0.39, 0.29) is 6.61 Å². The second-order valence-electron chi connectivity index (χ2n) is 1.31. The fourth-order valence-corrected chi connectivity index (χ4v) is 0.262. The van der Waals surface area contributed by atoms with E-state index < -0.39 is 5.97 Å². The van der Waals surface area contributed by atoms with Crippen LogP contribution < -0.4 is 0 Å². The number of ether oxygens (including phenoxy) is 1. The van der Waals surface area contributed by atoms with Crippen molar-refractivity contribution in [3.63, 3.8) is 0 Å². The largest absolute Gasteiger partial charge is 0.452 e. The van der Waals surface area contributed by atoms with Crippen LogP contribution in [0.2, 0.25) is 0 Å². The van der Waals surface area contributed by atoms with Gasteiger partial charge in [-0.25, -0.2) is 4.79 Å². The molecule has 0 bridgehead atoms. The van der Waals surface area contributed by atoms with E-state index in [0.717, 1.165) is 0 Å². The fourth-order valence-electron chi connectivity index (χ4n) is 0.262. The average Bonchev–Trinajstić information content (AvgIpc) is 1.89. The molecule has 2 heteroatoms. The van der Waals surface area contributed by atoms with Gasteiger partial charge in [0.2, 0.25) is 0 Å². The summed E-state index contributed by atoms with van der Waals surface area (Å²) in [5, 5.41) is 0. The van der Waals surface area contributed by atoms with Gasteiger partial charge in [-0.05, 0) is 6.92 Å². The summed E-state index contributed by atoms with van der Waals surface area (Å²) in [5.41, 5.74) is 0. The van der Waals surface area contributed by atoms with E-state index in [9.17, 15) is 4.79 Å². The van der Waals surface area contributed by atoms with Gasteiger partial charge in [-0.3, -0.25) is 0 Å². The fraction of sp³-hybridized carbons (Fsp3) is 0.286. The summed E-state index contributed by atoms with van der Waals surface area (Å²) < 4.78 is 4.47. The standard InChI is InChI=1S/C7H8O2/c1-3-5-6-9-7(8)4-2/h2-3,5H,6H2,1H3. The lowest BCUT2D eigenvalue weighted by atomic mass is 10.5. The van der Waals surface area contributed by atoms with Gasteiger partial charge < -0.3 is 4.74 Å². The maximum absolute atomic E-state index is 10.2. The quantitative estimate of drug-likeness (QED) is 0.235. The maximum Gasteiger partial charge on any atom is 0.384 e. The maximum atomic E-state index is 10.2. The van der Waals surface area contributed by atoms with Crippen molar-refractivity contribution in [2.75, 3.05) is 6.61 Å². The van der Waals surface area contributed by atoms with Gasteiger partial charge >= 0.3 is 5.97 Å². The van der Waals surface area contributed by atoms with Crippen LogP contribution in [0.25, 0.3) is 0 Å². The topological polar surface area (TPSA) is 26.3 Å². The highest BCUT2D eigenvalue weighted by atomic mass is 16.5. The van der Waals surface area contributed by atoms with Crippen molar-refractivity contribution in [1.29, 1.82) is 0 Å². The Bertz CT molecular complexity index is 151. The Balaban J connectivity index is 3.31. The molecule has 0 aliphatic heterocycles. The molecule has 0 aliphatic rings. The van der Waals surface area contributed by atoms with Crippen molar-refractivity contribution in [2.45, 2.75) is 6.92 Å². The van der Waals surface area contributed by atoms with Crippen molar-refractivity contribution in [1.82, 2.24) is 0 Å². The van der Waals surface area contributed by atoms with Gasteiger partial charge in [0.05, 0.1) is 0 Å². The summed E-state index contributed by atoms with van der Waals surface area (Å²) in [6, 6.07) is 0. The van der Waals surface area contributed by atoms with Gasteiger partial charge in [0.25, 0.3) is 0 Å². The minimum atomic E-state index is -0.617. The van der Waals surface area contributed by atoms with E-state index in [1.807, 2.05) is 12.8 Å². The van der Waals surface area contributed by atoms with Crippen molar-refractivity contribution < 1.29 is 9.53 Å². The van der Waals surface area contributed by atoms with Crippen LogP contribution in [0.3, 0.4) is 0 Å². The number of hydrogen-bond donors (Lipinski definition) is 0. The second-order valence-corrected chi connectivity index (χ2v) is 1.31. The number of esters is 1. The second kappa shape index (κ2) is 4.92. The van der Waals surface area contributed by atoms with Crippen LogP contribution in [0.1, 0.15) is 6.92 Å². The van der Waals surface area contributed by atoms with Crippen LogP contribution in [0.5, 0.6) is 0 Å². The third-order valence-corrected chi connectivity index (χ3v) is 0.664. The van der Waals surface area contributed by atoms with Gasteiger partial charge in [0.1, 0.15) is 6.61 Å². The smallest absolute Gasteiger partial charge is 0.384 e. The molecule has 2 nitrogen and oxygen atoms in total. The van der Waals surface area contributed by atoms with Gasteiger partial charge in [-0.2, -0.15) is 0 Å². The summed E-state index contributed by atoms with van der Waals surface area (Å²) in [6.45, 7) is 2.10. The summed E-state index contributed by atoms with van der Waals surface area (Å²) >= 11 is 0. The molecule has 0 saturated heterocycles. The van der Waals surface area contributed by atoms with Crippen molar-refractivity contribution in [2.24, 2.45) is 0 Å². The highest BCUT2D eigenvalue weighted by Gasteiger charge is 1.89. The zero-order chi connectivity index (χ0) is 7.11. The highest BCUT2D eigenvalue weighted by Crippen LogP contribution is 1.76. The molecular formula is C7H8O2. The monoisotopic (exact) mass is 124 g/mol. The molecular weight excluding hydrogens is 116 g/mol. The van der Waals surface area contributed by atoms with Crippen molar-refractivity contribution in [3.8, 4) is 12.3 Å². The van der Waals surface area contributed by atoms with Crippen LogP contribution in [-0.2, 0) is 9.53 Å². The van der Waals surface area contributed by atoms with Crippen LogP contribution in [0, 0.1) is 12.3 Å². The lowest BCUT2D eigenvalue weighted by molar-refractivity contribution is -0.135. The van der Waals surface area contributed by atoms with E-state index in [4.69, 9.17) is 6.42 Å². The Kier molecular flexibility index (Phi) is 4.25. The third kappa shape index (κ3) is 4.63. The predicted octanol–water partition coefficient (Wildman–Crippen LogP) is 0.739. The highest BCUT2D eigenvalue weighted by molar-refractivity contribution is 5.87. The van der Waals surface area contributed by atoms with Crippen LogP contribution in [0.4, 0.5) is 0 Å². The van der Waals surface area contributed by atoms with Gasteiger partial charge in [0, 0.05) is 5.92 Å². The number of carbonyl (C=O) groups is 1. The molecule has 0 aromatic rings. The number of rotatable bonds is 2. The minimum absolute atomic E-state index is 0.263. The van der Waals surface area contributed by atoms with Gasteiger partial charge in [-0.15, -0.1) is 6.42 Å². The zero-order valence-electron chi connectivity index (χ0n) is 5.26. The lowest BCUT2D eigenvalue weighted by Crippen LogP contribution is -1.99. The molecule has 0 aromatic carbocycles. The van der Waals surface area contributed by atoms with Crippen LogP contribution in [-0.4, -0.2) is 12.6 Å². The minimum Gasteiger partial charge on any atom is -0.452 e. The summed E-state index contributed by atoms with van der Waals surface area (Å²) in [7, 11) is 0. The molecule has 0 atom stereocenters. The first-order chi connectivity index (χ1) is 4.31. The SMILES string of the molecule is C#CC(=O)OCC=CC. The third-order valence-electron chi connectivity index (χ3n) is 0.664. The Morgan fingerprint density at radius 3 is 3.00 bits per heavy atom. The molecule has 0 rings (SSSR count). The molecule has 0 aliphatic carbocycles. The molecule has 0 heterocycles. The van der Waals surface area contributed by atoms with E-state index in [1.165, 1.54) is 0 Å². The van der Waals surface area contributed by atoms with Crippen molar-refractivity contribution >= 4 is 5.97 Å². The Hall–Kier alpha value is -1.23. The summed E-state index contributed by atoms with van der Waals surface area (Å²) in [4.78, 5) is 10.2. The zero-order valence-corrected chi connectivity index (χ0v) is 5.26. The molecule has 9 heavy (non-hydrogen) atoms. The molecule has 0 saturated carbocycles. The summed E-state index contributed by atoms with van der Waals surface area (Å²) in [6.07, 6.45) is 8.19. The van der Waals surface area contributed by atoms with E-state index in [0.29, 0.717) is 0 Å². The van der Waals surface area contributed by atoms with E-state index >= 15 is 0 Å². The molecule has 48 valence electrons. The van der Waals surface area contributed by atoms with E-state index in [2.05, 4.69) is 4.74 Å². The number of hydrogen-bond acceptors (Lipinski definition) is 2. The lowest BCUT2D eigenvalue weighted by Gasteiger charge is -1.91. The molecule has 0 N–H and O–H groups in total. The van der Waals surface area contributed by atoms with E-state index in [1.54, 1.807) is 12.2 Å².